The summed E-state index contributed by atoms with van der Waals surface area (Å²) in [6.45, 7) is 4.88. The molecular formula is C45H92N2O6P+. The highest BCUT2D eigenvalue weighted by molar-refractivity contribution is 7.47. The van der Waals surface area contributed by atoms with Crippen LogP contribution in [0.1, 0.15) is 219 Å². The molecule has 54 heavy (non-hydrogen) atoms. The van der Waals surface area contributed by atoms with Crippen molar-refractivity contribution in [2.24, 2.45) is 0 Å². The van der Waals surface area contributed by atoms with Gasteiger partial charge in [0.05, 0.1) is 39.9 Å². The first-order valence-electron chi connectivity index (χ1n) is 23.1. The number of hydrogen-bond donors (Lipinski definition) is 3. The molecule has 0 aliphatic carbocycles. The average molecular weight is 788 g/mol. The Labute approximate surface area is 335 Å². The summed E-state index contributed by atoms with van der Waals surface area (Å²) in [4.78, 5) is 23.1. The van der Waals surface area contributed by atoms with E-state index in [1.807, 2.05) is 21.1 Å². The van der Waals surface area contributed by atoms with Crippen molar-refractivity contribution in [1.82, 2.24) is 5.32 Å². The third kappa shape index (κ3) is 39.5. The molecule has 0 heterocycles. The number of unbranched alkanes of at least 4 members (excludes halogenated alkanes) is 27. The Morgan fingerprint density at radius 2 is 1.00 bits per heavy atom. The summed E-state index contributed by atoms with van der Waals surface area (Å²) >= 11 is 0. The van der Waals surface area contributed by atoms with E-state index in [2.05, 4.69) is 31.3 Å². The second kappa shape index (κ2) is 37.8. The molecule has 3 unspecified atom stereocenters. The summed E-state index contributed by atoms with van der Waals surface area (Å²) in [5.41, 5.74) is 0. The number of likely N-dealkylation sites (N-methyl/N-ethyl adjacent to an activating group) is 1. The molecule has 0 bridgehead atoms. The number of allylic oxidation sites excluding steroid dienone is 2. The van der Waals surface area contributed by atoms with Crippen LogP contribution in [0.4, 0.5) is 0 Å². The van der Waals surface area contributed by atoms with Crippen LogP contribution in [0.15, 0.2) is 12.2 Å². The summed E-state index contributed by atoms with van der Waals surface area (Å²) in [5.74, 6) is -0.152. The van der Waals surface area contributed by atoms with Crippen molar-refractivity contribution in [2.75, 3.05) is 40.9 Å². The van der Waals surface area contributed by atoms with Crippen molar-refractivity contribution < 1.29 is 32.9 Å². The van der Waals surface area contributed by atoms with Gasteiger partial charge < -0.3 is 19.8 Å². The van der Waals surface area contributed by atoms with Gasteiger partial charge in [-0.15, -0.1) is 0 Å². The topological polar surface area (TPSA) is 105 Å². The van der Waals surface area contributed by atoms with E-state index in [9.17, 15) is 19.4 Å². The van der Waals surface area contributed by atoms with Gasteiger partial charge in [0, 0.05) is 6.42 Å². The number of nitrogens with one attached hydrogen (secondary N) is 1. The van der Waals surface area contributed by atoms with Crippen LogP contribution >= 0.6 is 7.82 Å². The van der Waals surface area contributed by atoms with Crippen molar-refractivity contribution >= 4 is 13.7 Å². The summed E-state index contributed by atoms with van der Waals surface area (Å²) in [5, 5.41) is 14.0. The van der Waals surface area contributed by atoms with Gasteiger partial charge in [-0.1, -0.05) is 187 Å². The maximum atomic E-state index is 12.9. The van der Waals surface area contributed by atoms with Crippen LogP contribution < -0.4 is 5.32 Å². The van der Waals surface area contributed by atoms with Gasteiger partial charge in [-0.2, -0.15) is 0 Å². The summed E-state index contributed by atoms with van der Waals surface area (Å²) in [7, 11) is 1.62. The number of nitrogens with zero attached hydrogens (tertiary/aromatic N) is 1. The lowest BCUT2D eigenvalue weighted by Gasteiger charge is -2.26. The Balaban J connectivity index is 4.33. The Kier molecular flexibility index (Phi) is 37.3. The minimum atomic E-state index is -4.31. The van der Waals surface area contributed by atoms with Gasteiger partial charge in [0.25, 0.3) is 0 Å². The fourth-order valence-electron chi connectivity index (χ4n) is 6.81. The Bertz CT molecular complexity index is 896. The van der Waals surface area contributed by atoms with Gasteiger partial charge in [-0.25, -0.2) is 4.57 Å². The zero-order valence-electron chi connectivity index (χ0n) is 36.5. The predicted molar refractivity (Wildman–Crippen MR) is 231 cm³/mol. The number of carbonyl (C=O) groups excluding carboxylic acids is 1. The van der Waals surface area contributed by atoms with Gasteiger partial charge in [0.15, 0.2) is 0 Å². The zero-order chi connectivity index (χ0) is 40.0. The number of rotatable bonds is 42. The maximum absolute atomic E-state index is 12.9. The highest BCUT2D eigenvalue weighted by atomic mass is 31.2. The molecule has 1 amide bonds. The quantitative estimate of drug-likeness (QED) is 0.0246. The molecule has 8 nitrogen and oxygen atoms in total. The van der Waals surface area contributed by atoms with Gasteiger partial charge >= 0.3 is 7.82 Å². The smallest absolute Gasteiger partial charge is 0.391 e. The molecule has 0 aromatic heterocycles. The Morgan fingerprint density at radius 1 is 0.611 bits per heavy atom. The summed E-state index contributed by atoms with van der Waals surface area (Å²) < 4.78 is 23.6. The van der Waals surface area contributed by atoms with Crippen molar-refractivity contribution in [2.45, 2.75) is 231 Å². The first-order valence-corrected chi connectivity index (χ1v) is 24.5. The fraction of sp³-hybridized carbons (Fsp3) is 0.933. The lowest BCUT2D eigenvalue weighted by Crippen LogP contribution is -2.46. The summed E-state index contributed by atoms with van der Waals surface area (Å²) in [6, 6.07) is -0.760. The first kappa shape index (κ1) is 53.2. The van der Waals surface area contributed by atoms with Gasteiger partial charge in [-0.3, -0.25) is 13.8 Å². The number of phosphoric acid groups is 1. The Hall–Kier alpha value is -0.760. The van der Waals surface area contributed by atoms with Crippen molar-refractivity contribution in [3.63, 3.8) is 0 Å². The van der Waals surface area contributed by atoms with E-state index in [0.717, 1.165) is 51.4 Å². The molecule has 0 rings (SSSR count). The van der Waals surface area contributed by atoms with Gasteiger partial charge in [0.1, 0.15) is 13.2 Å². The van der Waals surface area contributed by atoms with E-state index in [1.165, 1.54) is 141 Å². The second-order valence-corrected chi connectivity index (χ2v) is 18.6. The van der Waals surface area contributed by atoms with E-state index in [1.54, 1.807) is 0 Å². The van der Waals surface area contributed by atoms with Crippen LogP contribution in [0.3, 0.4) is 0 Å². The molecule has 3 N–H and O–H groups in total. The van der Waals surface area contributed by atoms with E-state index >= 15 is 0 Å². The van der Waals surface area contributed by atoms with E-state index < -0.39 is 20.0 Å². The number of phosphoric ester groups is 1. The molecule has 0 fully saturated rings. The lowest BCUT2D eigenvalue weighted by molar-refractivity contribution is -0.870. The molecule has 0 saturated heterocycles. The monoisotopic (exact) mass is 788 g/mol. The van der Waals surface area contributed by atoms with Crippen molar-refractivity contribution in [1.29, 1.82) is 0 Å². The zero-order valence-corrected chi connectivity index (χ0v) is 37.4. The summed E-state index contributed by atoms with van der Waals surface area (Å²) in [6.07, 6.45) is 42.3. The lowest BCUT2D eigenvalue weighted by atomic mass is 10.0. The van der Waals surface area contributed by atoms with Crippen LogP contribution in [0.5, 0.6) is 0 Å². The van der Waals surface area contributed by atoms with E-state index in [-0.39, 0.29) is 19.1 Å². The molecular weight excluding hydrogens is 695 g/mol. The van der Waals surface area contributed by atoms with Crippen molar-refractivity contribution in [3.8, 4) is 0 Å². The molecule has 322 valence electrons. The van der Waals surface area contributed by atoms with Crippen LogP contribution in [0.25, 0.3) is 0 Å². The minimum absolute atomic E-state index is 0.0750. The normalized spacial score (nSPS) is 14.4. The van der Waals surface area contributed by atoms with E-state index in [4.69, 9.17) is 9.05 Å². The number of hydrogen-bond acceptors (Lipinski definition) is 5. The van der Waals surface area contributed by atoms with Crippen molar-refractivity contribution in [3.05, 3.63) is 12.2 Å². The molecule has 3 atom stereocenters. The molecule has 0 aromatic rings. The van der Waals surface area contributed by atoms with Crippen LogP contribution in [-0.2, 0) is 18.4 Å². The first-order chi connectivity index (χ1) is 26.0. The van der Waals surface area contributed by atoms with Crippen LogP contribution in [0.2, 0.25) is 0 Å². The van der Waals surface area contributed by atoms with Gasteiger partial charge in [0.2, 0.25) is 5.91 Å². The molecule has 0 aliphatic heterocycles. The van der Waals surface area contributed by atoms with Crippen LogP contribution in [-0.4, -0.2) is 73.4 Å². The molecule has 0 aromatic carbocycles. The van der Waals surface area contributed by atoms with Crippen LogP contribution in [0, 0.1) is 0 Å². The van der Waals surface area contributed by atoms with Gasteiger partial charge in [-0.05, 0) is 38.5 Å². The molecule has 0 radical (unpaired) electrons. The molecule has 9 heteroatoms. The average Bonchev–Trinajstić information content (AvgIpc) is 3.12. The second-order valence-electron chi connectivity index (χ2n) is 17.1. The third-order valence-electron chi connectivity index (χ3n) is 10.5. The number of amides is 1. The largest absolute Gasteiger partial charge is 0.472 e. The number of aliphatic hydroxyl groups is 1. The highest BCUT2D eigenvalue weighted by Crippen LogP contribution is 2.43. The molecule has 0 aliphatic rings. The fourth-order valence-corrected chi connectivity index (χ4v) is 7.54. The minimum Gasteiger partial charge on any atom is -0.391 e. The number of aliphatic hydroxyl groups excluding tert-OH is 1. The Morgan fingerprint density at radius 3 is 1.43 bits per heavy atom. The SMILES string of the molecule is CCCCCCC/C=C\CCCCCCCC(=O)NC(COP(=O)(O)OCC[N+](C)(C)C)C(O)CCCCCCCCCCCCCCCCCCCC. The molecule has 0 spiro atoms. The maximum Gasteiger partial charge on any atom is 0.472 e. The van der Waals surface area contributed by atoms with E-state index in [0.29, 0.717) is 23.9 Å². The predicted octanol–water partition coefficient (Wildman–Crippen LogP) is 12.8. The number of quaternary nitrogens is 1. The molecule has 0 saturated carbocycles. The number of carbonyl (C=O) groups is 1. The third-order valence-corrected chi connectivity index (χ3v) is 11.5. The highest BCUT2D eigenvalue weighted by Gasteiger charge is 2.28. The standard InChI is InChI=1S/C45H91N2O6P/c1-6-8-10-12-14-16-18-20-22-23-24-25-26-28-30-32-34-36-38-44(48)43(42-53-54(50,51)52-41-40-47(3,4)5)46-45(49)39-37-35-33-31-29-27-21-19-17-15-13-11-9-7-2/h19,21,43-44,48H,6-18,20,22-42H2,1-5H3,(H-,46,49,50,51)/p+1/b21-19-.